The van der Waals surface area contributed by atoms with Crippen LogP contribution in [0.25, 0.3) is 0 Å². The topological polar surface area (TPSA) is 79.4 Å². The first-order valence-electron chi connectivity index (χ1n) is 16.1. The van der Waals surface area contributed by atoms with E-state index in [2.05, 4.69) is 6.92 Å². The standard InChI is InChI=1S/C31H61N4O5/c1-7-9-10-11-12-13-14-15-16-17-18-19-20-21-22-23-24-34(39-6)31(38)40-29(8-2)33-27-28(36)32(30(33)37)25-26-35(3,4)5/h29H,7-27H2,1-6H3/q+1. The van der Waals surface area contributed by atoms with Crippen molar-refractivity contribution in [3.05, 3.63) is 0 Å². The van der Waals surface area contributed by atoms with E-state index in [1.165, 1.54) is 105 Å². The number of likely N-dealkylation sites (N-methyl/N-ethyl adjacent to an activating group) is 1. The number of hydrogen-bond donors (Lipinski definition) is 0. The number of rotatable bonds is 24. The van der Waals surface area contributed by atoms with Crippen LogP contribution in [0.1, 0.15) is 123 Å². The molecule has 9 heteroatoms. The molecule has 0 aromatic rings. The molecule has 1 aliphatic rings. The Morgan fingerprint density at radius 1 is 0.825 bits per heavy atom. The Kier molecular flexibility index (Phi) is 18.9. The molecular formula is C31H61N4O5+. The Balaban J connectivity index is 2.20. The number of quaternary nitrogens is 1. The van der Waals surface area contributed by atoms with Crippen LogP contribution in [0.2, 0.25) is 0 Å². The molecule has 0 aliphatic carbocycles. The van der Waals surface area contributed by atoms with E-state index in [4.69, 9.17) is 9.57 Å². The van der Waals surface area contributed by atoms with Crippen molar-refractivity contribution in [1.29, 1.82) is 0 Å². The lowest BCUT2D eigenvalue weighted by Gasteiger charge is -2.29. The summed E-state index contributed by atoms with van der Waals surface area (Å²) in [5.74, 6) is -0.260. The van der Waals surface area contributed by atoms with E-state index in [0.717, 1.165) is 19.3 Å². The van der Waals surface area contributed by atoms with Gasteiger partial charge in [-0.15, -0.1) is 0 Å². The molecule has 1 unspecified atom stereocenters. The van der Waals surface area contributed by atoms with Crippen molar-refractivity contribution in [3.63, 3.8) is 0 Å². The maximum Gasteiger partial charge on any atom is 0.435 e. The zero-order valence-electron chi connectivity index (χ0n) is 26.8. The lowest BCUT2D eigenvalue weighted by molar-refractivity contribution is -0.869. The van der Waals surface area contributed by atoms with E-state index in [1.807, 2.05) is 28.1 Å². The first kappa shape index (κ1) is 36.2. The molecule has 0 aromatic carbocycles. The number of ether oxygens (including phenoxy) is 1. The van der Waals surface area contributed by atoms with Crippen LogP contribution in [0, 0.1) is 0 Å². The molecule has 1 atom stereocenters. The van der Waals surface area contributed by atoms with Gasteiger partial charge in [-0.2, -0.15) is 5.06 Å². The van der Waals surface area contributed by atoms with E-state index in [-0.39, 0.29) is 12.5 Å². The third-order valence-corrected chi connectivity index (χ3v) is 7.65. The van der Waals surface area contributed by atoms with Crippen molar-refractivity contribution < 1.29 is 28.4 Å². The van der Waals surface area contributed by atoms with Gasteiger partial charge in [0.1, 0.15) is 6.54 Å². The van der Waals surface area contributed by atoms with Crippen LogP contribution in [0.5, 0.6) is 0 Å². The molecule has 40 heavy (non-hydrogen) atoms. The van der Waals surface area contributed by atoms with Crippen molar-refractivity contribution in [1.82, 2.24) is 14.9 Å². The highest BCUT2D eigenvalue weighted by molar-refractivity contribution is 6.02. The summed E-state index contributed by atoms with van der Waals surface area (Å²) in [7, 11) is 7.49. The lowest BCUT2D eigenvalue weighted by Crippen LogP contribution is -2.46. The molecule has 9 nitrogen and oxygen atoms in total. The average Bonchev–Trinajstić information content (AvgIpc) is 3.19. The van der Waals surface area contributed by atoms with Crippen LogP contribution in [0.3, 0.4) is 0 Å². The number of carbonyl (C=O) groups excluding carboxylic acids is 3. The van der Waals surface area contributed by atoms with Gasteiger partial charge in [-0.3, -0.25) is 19.4 Å². The first-order chi connectivity index (χ1) is 19.1. The predicted molar refractivity (Wildman–Crippen MR) is 161 cm³/mol. The van der Waals surface area contributed by atoms with Gasteiger partial charge < -0.3 is 9.22 Å². The van der Waals surface area contributed by atoms with E-state index in [9.17, 15) is 14.4 Å². The Bertz CT molecular complexity index is 712. The molecule has 0 N–H and O–H groups in total. The highest BCUT2D eigenvalue weighted by atomic mass is 16.7. The number of hydroxylamine groups is 2. The van der Waals surface area contributed by atoms with Crippen LogP contribution in [-0.4, -0.2) is 98.0 Å². The van der Waals surface area contributed by atoms with Crippen LogP contribution in [0.4, 0.5) is 9.59 Å². The Hall–Kier alpha value is -1.87. The number of unbranched alkanes of at least 4 members (excludes halogenated alkanes) is 15. The summed E-state index contributed by atoms with van der Waals surface area (Å²) < 4.78 is 6.26. The van der Waals surface area contributed by atoms with Crippen LogP contribution < -0.4 is 0 Å². The first-order valence-corrected chi connectivity index (χ1v) is 16.1. The third kappa shape index (κ3) is 15.2. The minimum Gasteiger partial charge on any atom is -0.424 e. The van der Waals surface area contributed by atoms with Crippen LogP contribution in [-0.2, 0) is 14.4 Å². The monoisotopic (exact) mass is 569 g/mol. The smallest absolute Gasteiger partial charge is 0.424 e. The number of urea groups is 1. The summed E-state index contributed by atoms with van der Waals surface area (Å²) in [5, 5.41) is 1.21. The molecule has 0 spiro atoms. The van der Waals surface area contributed by atoms with Gasteiger partial charge in [0.25, 0.3) is 5.91 Å². The number of carbonyl (C=O) groups is 3. The summed E-state index contributed by atoms with van der Waals surface area (Å²) in [5.41, 5.74) is 0. The predicted octanol–water partition coefficient (Wildman–Crippen LogP) is 6.95. The average molecular weight is 570 g/mol. The SMILES string of the molecule is CCCCCCCCCCCCCCCCCCN(OC)C(=O)OC(CC)N1CC(=O)N(CC[N+](C)(C)C)C1=O. The van der Waals surface area contributed by atoms with E-state index < -0.39 is 18.4 Å². The maximum absolute atomic E-state index is 12.9. The fraction of sp³-hybridized carbons (Fsp3) is 0.903. The maximum atomic E-state index is 12.9. The van der Waals surface area contributed by atoms with E-state index in [0.29, 0.717) is 30.5 Å². The molecule has 1 rings (SSSR count). The molecule has 234 valence electrons. The van der Waals surface area contributed by atoms with Gasteiger partial charge in [0.2, 0.25) is 0 Å². The number of imide groups is 1. The molecule has 0 aromatic heterocycles. The molecule has 1 heterocycles. The van der Waals surface area contributed by atoms with Crippen LogP contribution >= 0.6 is 0 Å². The van der Waals surface area contributed by atoms with Crippen molar-refractivity contribution in [2.45, 2.75) is 129 Å². The molecule has 4 amide bonds. The summed E-state index contributed by atoms with van der Waals surface area (Å²) in [4.78, 5) is 46.0. The van der Waals surface area contributed by atoms with E-state index >= 15 is 0 Å². The largest absolute Gasteiger partial charge is 0.435 e. The quantitative estimate of drug-likeness (QED) is 0.0544. The minimum absolute atomic E-state index is 0.0755. The highest BCUT2D eigenvalue weighted by Crippen LogP contribution is 2.19. The summed E-state index contributed by atoms with van der Waals surface area (Å²) >= 11 is 0. The second-order valence-electron chi connectivity index (χ2n) is 12.3. The number of hydrogen-bond acceptors (Lipinski definition) is 5. The van der Waals surface area contributed by atoms with Crippen LogP contribution in [0.15, 0.2) is 0 Å². The van der Waals surface area contributed by atoms with E-state index in [1.54, 1.807) is 0 Å². The molecule has 0 saturated carbocycles. The molecular weight excluding hydrogens is 508 g/mol. The lowest BCUT2D eigenvalue weighted by atomic mass is 10.0. The summed E-state index contributed by atoms with van der Waals surface area (Å²) in [6.45, 7) is 5.45. The number of amides is 4. The van der Waals surface area contributed by atoms with Crippen molar-refractivity contribution in [2.24, 2.45) is 0 Å². The van der Waals surface area contributed by atoms with Crippen molar-refractivity contribution >= 4 is 18.0 Å². The molecule has 0 bridgehead atoms. The second kappa shape index (κ2) is 20.9. The van der Waals surface area contributed by atoms with Gasteiger partial charge in [0, 0.05) is 6.42 Å². The summed E-state index contributed by atoms with van der Waals surface area (Å²) in [6, 6.07) is -0.403. The van der Waals surface area contributed by atoms with Gasteiger partial charge in [0.05, 0.1) is 47.9 Å². The van der Waals surface area contributed by atoms with Gasteiger partial charge >= 0.3 is 12.1 Å². The Morgan fingerprint density at radius 3 is 1.73 bits per heavy atom. The van der Waals surface area contributed by atoms with Gasteiger partial charge in [0.15, 0.2) is 6.23 Å². The summed E-state index contributed by atoms with van der Waals surface area (Å²) in [6.07, 6.45) is 19.6. The molecule has 1 saturated heterocycles. The Labute approximate surface area is 245 Å². The van der Waals surface area contributed by atoms with Gasteiger partial charge in [-0.1, -0.05) is 110 Å². The van der Waals surface area contributed by atoms with Crippen molar-refractivity contribution in [3.8, 4) is 0 Å². The van der Waals surface area contributed by atoms with Crippen molar-refractivity contribution in [2.75, 3.05) is 54.4 Å². The molecule has 0 radical (unpaired) electrons. The zero-order chi connectivity index (χ0) is 29.8. The normalized spacial score (nSPS) is 14.8. The second-order valence-corrected chi connectivity index (χ2v) is 12.3. The highest BCUT2D eigenvalue weighted by Gasteiger charge is 2.41. The van der Waals surface area contributed by atoms with Gasteiger partial charge in [-0.25, -0.2) is 9.59 Å². The Morgan fingerprint density at radius 2 is 1.30 bits per heavy atom. The fourth-order valence-corrected chi connectivity index (χ4v) is 5.01. The molecule has 1 aliphatic heterocycles. The van der Waals surface area contributed by atoms with Gasteiger partial charge in [-0.05, 0) is 6.42 Å². The zero-order valence-corrected chi connectivity index (χ0v) is 26.8. The minimum atomic E-state index is -0.804. The fourth-order valence-electron chi connectivity index (χ4n) is 5.01. The third-order valence-electron chi connectivity index (χ3n) is 7.65. The number of nitrogens with zero attached hydrogens (tertiary/aromatic N) is 4. The molecule has 1 fully saturated rings.